The Morgan fingerprint density at radius 3 is 2.62 bits per heavy atom. The number of rotatable bonds is 5. The summed E-state index contributed by atoms with van der Waals surface area (Å²) in [7, 11) is 0. The molecule has 6 heteroatoms. The van der Waals surface area contributed by atoms with Crippen LogP contribution < -0.4 is 5.32 Å². The van der Waals surface area contributed by atoms with Crippen LogP contribution in [0, 0.1) is 0 Å². The van der Waals surface area contributed by atoms with Gasteiger partial charge in [-0.05, 0) is 18.4 Å². The first-order valence-corrected chi connectivity index (χ1v) is 7.11. The average Bonchev–Trinajstić information content (AvgIpc) is 3.31. The molecule has 2 N–H and O–H groups in total. The van der Waals surface area contributed by atoms with Gasteiger partial charge in [0.2, 0.25) is 0 Å². The Hall–Kier alpha value is -2.14. The molecule has 0 unspecified atom stereocenters. The highest BCUT2D eigenvalue weighted by Crippen LogP contribution is 2.39. The van der Waals surface area contributed by atoms with Gasteiger partial charge < -0.3 is 10.4 Å². The second kappa shape index (κ2) is 5.69. The van der Waals surface area contributed by atoms with Crippen molar-refractivity contribution in [2.24, 2.45) is 0 Å². The van der Waals surface area contributed by atoms with Crippen LogP contribution in [-0.4, -0.2) is 21.0 Å². The summed E-state index contributed by atoms with van der Waals surface area (Å²) in [6.45, 7) is 0.529. The van der Waals surface area contributed by atoms with Gasteiger partial charge in [-0.25, -0.2) is 14.8 Å². The minimum Gasteiger partial charge on any atom is -0.476 e. The van der Waals surface area contributed by atoms with Crippen molar-refractivity contribution >= 4 is 23.4 Å². The first kappa shape index (κ1) is 13.8. The van der Waals surface area contributed by atoms with Crippen LogP contribution in [0.1, 0.15) is 40.6 Å². The van der Waals surface area contributed by atoms with Crippen LogP contribution in [0.3, 0.4) is 0 Å². The fourth-order valence-corrected chi connectivity index (χ4v) is 2.26. The van der Waals surface area contributed by atoms with E-state index in [1.54, 1.807) is 0 Å². The number of hydrogen-bond donors (Lipinski definition) is 2. The molecule has 0 atom stereocenters. The summed E-state index contributed by atoms with van der Waals surface area (Å²) in [6.07, 6.45) is 2.00. The van der Waals surface area contributed by atoms with Gasteiger partial charge in [0, 0.05) is 12.5 Å². The van der Waals surface area contributed by atoms with Crippen molar-refractivity contribution in [1.82, 2.24) is 9.97 Å². The molecule has 1 aromatic heterocycles. The summed E-state index contributed by atoms with van der Waals surface area (Å²) in [5, 5.41) is 12.4. The molecule has 2 aromatic rings. The molecule has 0 radical (unpaired) electrons. The van der Waals surface area contributed by atoms with Crippen molar-refractivity contribution in [3.63, 3.8) is 0 Å². The van der Waals surface area contributed by atoms with Crippen molar-refractivity contribution in [3.8, 4) is 0 Å². The molecule has 1 aliphatic rings. The molecule has 1 heterocycles. The molecule has 0 saturated heterocycles. The zero-order valence-electron chi connectivity index (χ0n) is 11.2. The molecular formula is C15H14ClN3O2. The summed E-state index contributed by atoms with van der Waals surface area (Å²) in [5.74, 6) is 0.0758. The smallest absolute Gasteiger partial charge is 0.356 e. The van der Waals surface area contributed by atoms with E-state index in [2.05, 4.69) is 15.3 Å². The third-order valence-corrected chi connectivity index (χ3v) is 3.67. The topological polar surface area (TPSA) is 75.1 Å². The molecule has 1 fully saturated rings. The van der Waals surface area contributed by atoms with Gasteiger partial charge in [0.05, 0.1) is 0 Å². The zero-order valence-corrected chi connectivity index (χ0v) is 12.0. The molecule has 1 saturated carbocycles. The maximum atomic E-state index is 11.2. The summed E-state index contributed by atoms with van der Waals surface area (Å²) in [6, 6.07) is 9.77. The van der Waals surface area contributed by atoms with Crippen LogP contribution in [0.2, 0.25) is 5.02 Å². The summed E-state index contributed by atoms with van der Waals surface area (Å²) >= 11 is 6.10. The molecule has 5 nitrogen and oxygen atoms in total. The molecular weight excluding hydrogens is 290 g/mol. The van der Waals surface area contributed by atoms with Crippen LogP contribution in [0.15, 0.2) is 30.3 Å². The number of benzene rings is 1. The number of nitrogens with zero attached hydrogens (tertiary/aromatic N) is 2. The molecule has 0 bridgehead atoms. The van der Waals surface area contributed by atoms with E-state index in [-0.39, 0.29) is 16.6 Å². The predicted molar refractivity (Wildman–Crippen MR) is 79.7 cm³/mol. The van der Waals surface area contributed by atoms with E-state index in [1.807, 2.05) is 30.3 Å². The van der Waals surface area contributed by atoms with E-state index in [0.29, 0.717) is 18.2 Å². The predicted octanol–water partition coefficient (Wildman–Crippen LogP) is 3.32. The van der Waals surface area contributed by atoms with E-state index < -0.39 is 5.97 Å². The van der Waals surface area contributed by atoms with Crippen LogP contribution in [-0.2, 0) is 6.54 Å². The van der Waals surface area contributed by atoms with Crippen LogP contribution in [0.4, 0.5) is 5.82 Å². The third-order valence-electron chi connectivity index (χ3n) is 3.32. The Kier molecular flexibility index (Phi) is 3.75. The third kappa shape index (κ3) is 3.13. The normalized spacial score (nSPS) is 14.0. The lowest BCUT2D eigenvalue weighted by Crippen LogP contribution is -2.11. The Bertz CT molecular complexity index is 672. The zero-order chi connectivity index (χ0) is 14.8. The van der Waals surface area contributed by atoms with Gasteiger partial charge in [0.1, 0.15) is 16.7 Å². The number of aromatic nitrogens is 2. The molecule has 1 aliphatic carbocycles. The molecule has 0 spiro atoms. The molecule has 108 valence electrons. The molecule has 3 rings (SSSR count). The first-order chi connectivity index (χ1) is 10.1. The van der Waals surface area contributed by atoms with E-state index in [9.17, 15) is 9.90 Å². The summed E-state index contributed by atoms with van der Waals surface area (Å²) in [4.78, 5) is 19.7. The van der Waals surface area contributed by atoms with E-state index >= 15 is 0 Å². The Morgan fingerprint density at radius 2 is 2.00 bits per heavy atom. The van der Waals surface area contributed by atoms with E-state index in [4.69, 9.17) is 11.6 Å². The lowest BCUT2D eigenvalue weighted by Gasteiger charge is -2.11. The number of anilines is 1. The van der Waals surface area contributed by atoms with Crippen molar-refractivity contribution in [3.05, 3.63) is 52.4 Å². The second-order valence-electron chi connectivity index (χ2n) is 5.01. The lowest BCUT2D eigenvalue weighted by atomic mass is 10.2. The highest BCUT2D eigenvalue weighted by molar-refractivity contribution is 6.35. The highest BCUT2D eigenvalue weighted by atomic mass is 35.5. The fourth-order valence-electron chi connectivity index (χ4n) is 2.03. The second-order valence-corrected chi connectivity index (χ2v) is 5.39. The SMILES string of the molecule is O=C(O)c1nc(C2CC2)nc(NCc2ccccc2)c1Cl. The molecule has 21 heavy (non-hydrogen) atoms. The number of carboxylic acids is 1. The van der Waals surface area contributed by atoms with Crippen LogP contribution in [0.5, 0.6) is 0 Å². The van der Waals surface area contributed by atoms with Gasteiger partial charge in [-0.3, -0.25) is 0 Å². The Balaban J connectivity index is 1.87. The molecule has 1 aromatic carbocycles. The monoisotopic (exact) mass is 303 g/mol. The van der Waals surface area contributed by atoms with Crippen molar-refractivity contribution in [2.45, 2.75) is 25.3 Å². The number of carbonyl (C=O) groups is 1. The number of aromatic carboxylic acids is 1. The van der Waals surface area contributed by atoms with Gasteiger partial charge in [0.15, 0.2) is 5.69 Å². The number of carboxylic acid groups (broad SMARTS) is 1. The Labute approximate surface area is 127 Å². The minimum absolute atomic E-state index is 0.0582. The quantitative estimate of drug-likeness (QED) is 0.886. The van der Waals surface area contributed by atoms with Crippen molar-refractivity contribution in [2.75, 3.05) is 5.32 Å². The van der Waals surface area contributed by atoms with Gasteiger partial charge in [-0.15, -0.1) is 0 Å². The largest absolute Gasteiger partial charge is 0.476 e. The van der Waals surface area contributed by atoms with Gasteiger partial charge in [0.25, 0.3) is 0 Å². The summed E-state index contributed by atoms with van der Waals surface area (Å²) < 4.78 is 0. The standard InChI is InChI=1S/C15H14ClN3O2/c16-11-12(15(20)21)18-13(10-6-7-10)19-14(11)17-8-9-4-2-1-3-5-9/h1-5,10H,6-8H2,(H,20,21)(H,17,18,19). The highest BCUT2D eigenvalue weighted by Gasteiger charge is 2.29. The van der Waals surface area contributed by atoms with Crippen LogP contribution in [0.25, 0.3) is 0 Å². The fraction of sp³-hybridized carbons (Fsp3) is 0.267. The van der Waals surface area contributed by atoms with Gasteiger partial charge >= 0.3 is 5.97 Å². The molecule has 0 aliphatic heterocycles. The summed E-state index contributed by atoms with van der Waals surface area (Å²) in [5.41, 5.74) is 0.932. The number of hydrogen-bond acceptors (Lipinski definition) is 4. The maximum Gasteiger partial charge on any atom is 0.356 e. The van der Waals surface area contributed by atoms with Crippen molar-refractivity contribution in [1.29, 1.82) is 0 Å². The minimum atomic E-state index is -1.13. The Morgan fingerprint density at radius 1 is 1.29 bits per heavy atom. The average molecular weight is 304 g/mol. The van der Waals surface area contributed by atoms with E-state index in [1.165, 1.54) is 0 Å². The lowest BCUT2D eigenvalue weighted by molar-refractivity contribution is 0.0690. The van der Waals surface area contributed by atoms with Gasteiger partial charge in [-0.2, -0.15) is 0 Å². The number of nitrogens with one attached hydrogen (secondary N) is 1. The molecule has 0 amide bonds. The maximum absolute atomic E-state index is 11.2. The van der Waals surface area contributed by atoms with Crippen LogP contribution >= 0.6 is 11.6 Å². The van der Waals surface area contributed by atoms with E-state index in [0.717, 1.165) is 18.4 Å². The van der Waals surface area contributed by atoms with Crippen molar-refractivity contribution < 1.29 is 9.90 Å². The number of halogens is 1. The first-order valence-electron chi connectivity index (χ1n) is 6.73. The van der Waals surface area contributed by atoms with Gasteiger partial charge in [-0.1, -0.05) is 41.9 Å².